The Morgan fingerprint density at radius 3 is 1.43 bits per heavy atom. The fraction of sp³-hybridized carbons (Fsp3) is 0.0411. The molecular formula is C73H50N2S. The lowest BCUT2D eigenvalue weighted by atomic mass is 9.81. The van der Waals surface area contributed by atoms with Crippen molar-refractivity contribution in [3.05, 3.63) is 278 Å². The van der Waals surface area contributed by atoms with Crippen molar-refractivity contribution in [3.8, 4) is 33.4 Å². The molecule has 76 heavy (non-hydrogen) atoms. The smallest absolute Gasteiger partial charge is 0.0540 e. The molecule has 15 rings (SSSR count). The molecule has 0 unspecified atom stereocenters. The average molecular weight is 987 g/mol. The Morgan fingerprint density at radius 2 is 0.750 bits per heavy atom. The zero-order valence-corrected chi connectivity index (χ0v) is 43.0. The molecule has 0 amide bonds. The Morgan fingerprint density at radius 1 is 0.276 bits per heavy atom. The first kappa shape index (κ1) is 44.2. The van der Waals surface area contributed by atoms with E-state index >= 15 is 0 Å². The average Bonchev–Trinajstić information content (AvgIpc) is 3.97. The van der Waals surface area contributed by atoms with E-state index in [1.54, 1.807) is 0 Å². The Balaban J connectivity index is 0.867. The second kappa shape index (κ2) is 17.4. The maximum atomic E-state index is 2.47. The van der Waals surface area contributed by atoms with E-state index in [1.807, 2.05) is 11.3 Å². The van der Waals surface area contributed by atoms with Gasteiger partial charge in [-0.25, -0.2) is 0 Å². The molecule has 0 saturated heterocycles. The summed E-state index contributed by atoms with van der Waals surface area (Å²) >= 11 is 1.90. The molecule has 0 aliphatic heterocycles. The molecule has 1 heterocycles. The van der Waals surface area contributed by atoms with Crippen LogP contribution in [0.2, 0.25) is 0 Å². The van der Waals surface area contributed by atoms with Gasteiger partial charge < -0.3 is 9.80 Å². The molecule has 1 aromatic heterocycles. The highest BCUT2D eigenvalue weighted by Gasteiger charge is 2.36. The summed E-state index contributed by atoms with van der Waals surface area (Å²) < 4.78 is 2.68. The van der Waals surface area contributed by atoms with Crippen molar-refractivity contribution in [1.82, 2.24) is 0 Å². The molecule has 0 saturated carbocycles. The quantitative estimate of drug-likeness (QED) is 0.140. The third kappa shape index (κ3) is 6.93. The van der Waals surface area contributed by atoms with Crippen molar-refractivity contribution in [2.75, 3.05) is 9.80 Å². The van der Waals surface area contributed by atoms with Crippen LogP contribution in [0, 0.1) is 0 Å². The SMILES string of the molecule is CC1(C)c2cc(-c3cccc4c3sc3ccccc34)ccc2-c2ccc(N(c3ccc(-c4ccc(N(c5ccccc5)c5ccccc5)c5ccccc45)cc3)c3ccc4c5ccccc5c5ccccc5c4c3)cc21. The van der Waals surface area contributed by atoms with Gasteiger partial charge in [-0.15, -0.1) is 11.3 Å². The molecule has 2 nitrogen and oxygen atoms in total. The van der Waals surface area contributed by atoms with Crippen LogP contribution in [0.5, 0.6) is 0 Å². The molecule has 0 atom stereocenters. The van der Waals surface area contributed by atoms with Crippen molar-refractivity contribution in [1.29, 1.82) is 0 Å². The van der Waals surface area contributed by atoms with Crippen molar-refractivity contribution in [2.45, 2.75) is 19.3 Å². The predicted molar refractivity (Wildman–Crippen MR) is 327 cm³/mol. The van der Waals surface area contributed by atoms with E-state index in [9.17, 15) is 0 Å². The summed E-state index contributed by atoms with van der Waals surface area (Å²) in [6.45, 7) is 4.82. The maximum Gasteiger partial charge on any atom is 0.0540 e. The lowest BCUT2D eigenvalue weighted by molar-refractivity contribution is 0.660. The minimum atomic E-state index is -0.247. The zero-order valence-electron chi connectivity index (χ0n) is 42.2. The van der Waals surface area contributed by atoms with Crippen LogP contribution in [-0.2, 0) is 5.41 Å². The number of hydrogen-bond acceptors (Lipinski definition) is 3. The molecule has 0 bridgehead atoms. The third-order valence-electron chi connectivity index (χ3n) is 16.2. The van der Waals surface area contributed by atoms with Crippen LogP contribution < -0.4 is 9.80 Å². The topological polar surface area (TPSA) is 6.48 Å². The molecular weight excluding hydrogens is 937 g/mol. The van der Waals surface area contributed by atoms with Gasteiger partial charge in [0.2, 0.25) is 0 Å². The van der Waals surface area contributed by atoms with Gasteiger partial charge >= 0.3 is 0 Å². The fourth-order valence-corrected chi connectivity index (χ4v) is 13.8. The summed E-state index contributed by atoms with van der Waals surface area (Å²) in [5.41, 5.74) is 16.7. The van der Waals surface area contributed by atoms with E-state index in [1.165, 1.54) is 108 Å². The van der Waals surface area contributed by atoms with Crippen molar-refractivity contribution < 1.29 is 0 Å². The number of thiophene rings is 1. The standard InChI is InChI=1S/C73H50N2S/c1-73(2)68-44-48(55-29-17-30-66-65-28-15-16-31-71(65)76-72(55)66)34-39-62(68)63-41-38-53(46-69(63)73)74(52-37-40-61-59-25-10-9-23-57(59)58-24-11-12-26-60(58)67(61)45-52)51-35-32-47(33-36-51)54-42-43-70(64-27-14-13-22-56(54)64)75(49-18-5-3-6-19-49)50-20-7-4-8-21-50/h3-46H,1-2H3. The molecule has 0 fully saturated rings. The van der Waals surface area contributed by atoms with Gasteiger partial charge in [0, 0.05) is 59.4 Å². The number of fused-ring (bicyclic) bond motifs is 13. The van der Waals surface area contributed by atoms with E-state index < -0.39 is 0 Å². The number of anilines is 6. The van der Waals surface area contributed by atoms with Crippen molar-refractivity contribution in [2.24, 2.45) is 0 Å². The first-order valence-corrected chi connectivity index (χ1v) is 27.1. The molecule has 0 spiro atoms. The second-order valence-electron chi connectivity index (χ2n) is 20.8. The summed E-state index contributed by atoms with van der Waals surface area (Å²) in [6, 6.07) is 98.8. The highest BCUT2D eigenvalue weighted by Crippen LogP contribution is 2.53. The van der Waals surface area contributed by atoms with Crippen LogP contribution >= 0.6 is 11.3 Å². The number of benzene rings is 13. The minimum Gasteiger partial charge on any atom is -0.310 e. The van der Waals surface area contributed by atoms with Gasteiger partial charge in [-0.05, 0) is 161 Å². The number of rotatable bonds is 8. The van der Waals surface area contributed by atoms with E-state index in [0.29, 0.717) is 0 Å². The summed E-state index contributed by atoms with van der Waals surface area (Å²) in [5, 5.41) is 12.6. The van der Waals surface area contributed by atoms with Crippen molar-refractivity contribution >= 4 is 109 Å². The largest absolute Gasteiger partial charge is 0.310 e. The van der Waals surface area contributed by atoms with Gasteiger partial charge in [-0.2, -0.15) is 0 Å². The molecule has 13 aromatic carbocycles. The molecule has 14 aromatic rings. The van der Waals surface area contributed by atoms with Crippen LogP contribution in [0.1, 0.15) is 25.0 Å². The summed E-state index contributed by atoms with van der Waals surface area (Å²) in [5.74, 6) is 0. The van der Waals surface area contributed by atoms with Gasteiger partial charge in [0.1, 0.15) is 0 Å². The zero-order chi connectivity index (χ0) is 50.5. The number of para-hydroxylation sites is 2. The molecule has 3 heteroatoms. The summed E-state index contributed by atoms with van der Waals surface area (Å²) in [4.78, 5) is 4.84. The van der Waals surface area contributed by atoms with Crippen LogP contribution in [0.25, 0.3) is 96.6 Å². The maximum absolute atomic E-state index is 2.47. The Labute approximate surface area is 446 Å². The van der Waals surface area contributed by atoms with E-state index in [4.69, 9.17) is 0 Å². The Bertz CT molecular complexity index is 4530. The van der Waals surface area contributed by atoms with Crippen molar-refractivity contribution in [3.63, 3.8) is 0 Å². The molecule has 1 aliphatic carbocycles. The van der Waals surface area contributed by atoms with Crippen LogP contribution in [0.3, 0.4) is 0 Å². The lowest BCUT2D eigenvalue weighted by Crippen LogP contribution is -2.16. The van der Waals surface area contributed by atoms with Crippen LogP contribution in [0.15, 0.2) is 267 Å². The van der Waals surface area contributed by atoms with Crippen LogP contribution in [-0.4, -0.2) is 0 Å². The predicted octanol–water partition coefficient (Wildman–Crippen LogP) is 21.2. The van der Waals surface area contributed by atoms with Gasteiger partial charge in [0.25, 0.3) is 0 Å². The Hall–Kier alpha value is -9.28. The van der Waals surface area contributed by atoms with Gasteiger partial charge in [-0.3, -0.25) is 0 Å². The first-order valence-electron chi connectivity index (χ1n) is 26.3. The fourth-order valence-electron chi connectivity index (χ4n) is 12.6. The minimum absolute atomic E-state index is 0.247. The van der Waals surface area contributed by atoms with E-state index in [-0.39, 0.29) is 5.41 Å². The van der Waals surface area contributed by atoms with E-state index in [2.05, 4.69) is 291 Å². The van der Waals surface area contributed by atoms with Gasteiger partial charge in [0.05, 0.1) is 5.69 Å². The summed E-state index contributed by atoms with van der Waals surface area (Å²) in [6.07, 6.45) is 0. The van der Waals surface area contributed by atoms with Gasteiger partial charge in [-0.1, -0.05) is 202 Å². The summed E-state index contributed by atoms with van der Waals surface area (Å²) in [7, 11) is 0. The molecule has 0 N–H and O–H groups in total. The molecule has 1 aliphatic rings. The molecule has 358 valence electrons. The first-order chi connectivity index (χ1) is 37.5. The number of nitrogens with zero attached hydrogens (tertiary/aromatic N) is 2. The normalized spacial score (nSPS) is 12.7. The van der Waals surface area contributed by atoms with Gasteiger partial charge in [0.15, 0.2) is 0 Å². The monoisotopic (exact) mass is 986 g/mol. The highest BCUT2D eigenvalue weighted by molar-refractivity contribution is 7.26. The lowest BCUT2D eigenvalue weighted by Gasteiger charge is -2.29. The molecule has 0 radical (unpaired) electrons. The van der Waals surface area contributed by atoms with E-state index in [0.717, 1.165) is 34.1 Å². The third-order valence-corrected chi connectivity index (χ3v) is 17.4. The highest BCUT2D eigenvalue weighted by atomic mass is 32.1. The van der Waals surface area contributed by atoms with Crippen LogP contribution in [0.4, 0.5) is 34.1 Å². The number of hydrogen-bond donors (Lipinski definition) is 0. The Kier molecular flexibility index (Phi) is 10.1. The second-order valence-corrected chi connectivity index (χ2v) is 21.8.